The molecule has 1 aliphatic rings. The lowest BCUT2D eigenvalue weighted by Crippen LogP contribution is -2.26. The summed E-state index contributed by atoms with van der Waals surface area (Å²) in [6.45, 7) is 4.63. The Morgan fingerprint density at radius 1 is 1.52 bits per heavy atom. The van der Waals surface area contributed by atoms with E-state index >= 15 is 0 Å². The van der Waals surface area contributed by atoms with E-state index in [4.69, 9.17) is 10.2 Å². The number of amides is 1. The number of oxazole rings is 1. The van der Waals surface area contributed by atoms with Gasteiger partial charge in [-0.1, -0.05) is 19.1 Å². The molecule has 0 aliphatic carbocycles. The van der Waals surface area contributed by atoms with Crippen LogP contribution < -0.4 is 5.73 Å². The molecule has 2 aromatic heterocycles. The van der Waals surface area contributed by atoms with Crippen LogP contribution in [0.15, 0.2) is 45.0 Å². The number of nitrogens with two attached hydrogens (primary N) is 1. The highest BCUT2D eigenvalue weighted by Gasteiger charge is 2.31. The Hall–Kier alpha value is -2.77. The van der Waals surface area contributed by atoms with Gasteiger partial charge >= 0.3 is 0 Å². The number of carbonyl (C=O) groups excluding carboxylic acids is 1. The molecule has 1 amide bonds. The summed E-state index contributed by atoms with van der Waals surface area (Å²) in [5, 5.41) is 10.1. The maximum absolute atomic E-state index is 10.9. The van der Waals surface area contributed by atoms with Crippen LogP contribution in [0.5, 0.6) is 0 Å². The molecule has 1 aliphatic heterocycles. The van der Waals surface area contributed by atoms with Gasteiger partial charge in [0.1, 0.15) is 11.6 Å². The molecule has 8 nitrogen and oxygen atoms in total. The molecule has 0 spiro atoms. The number of aromatic nitrogens is 2. The Morgan fingerprint density at radius 2 is 2.35 bits per heavy atom. The Balaban J connectivity index is 1.84. The van der Waals surface area contributed by atoms with Crippen molar-refractivity contribution in [1.82, 2.24) is 15.0 Å². The van der Waals surface area contributed by atoms with Crippen LogP contribution >= 0.6 is 0 Å². The number of fused-ring (bicyclic) bond motifs is 1. The molecule has 23 heavy (non-hydrogen) atoms. The van der Waals surface area contributed by atoms with E-state index in [1.54, 1.807) is 24.5 Å². The topological polar surface area (TPSA) is 110 Å². The van der Waals surface area contributed by atoms with E-state index in [2.05, 4.69) is 34.2 Å². The van der Waals surface area contributed by atoms with Crippen molar-refractivity contribution < 1.29 is 9.21 Å². The Kier molecular flexibility index (Phi) is 4.05. The first-order valence-electron chi connectivity index (χ1n) is 7.40. The van der Waals surface area contributed by atoms with E-state index in [1.165, 1.54) is 0 Å². The van der Waals surface area contributed by atoms with Crippen LogP contribution in [0.4, 0.5) is 0 Å². The van der Waals surface area contributed by atoms with Gasteiger partial charge in [-0.25, -0.2) is 4.98 Å². The minimum atomic E-state index is -0.391. The molecule has 0 radical (unpaired) electrons. The summed E-state index contributed by atoms with van der Waals surface area (Å²) in [6, 6.07) is 1.64. The molecule has 0 saturated carbocycles. The third kappa shape index (κ3) is 3.20. The zero-order valence-electron chi connectivity index (χ0n) is 13.0. The average molecular weight is 314 g/mol. The van der Waals surface area contributed by atoms with E-state index < -0.39 is 5.91 Å². The van der Waals surface area contributed by atoms with Crippen molar-refractivity contribution in [3.05, 3.63) is 36.1 Å². The standard InChI is InChI=1S/C15H18N6O2/c1-9(2)14(15-18-11-7-17-6-5-12(11)23-15)21-8-10(19-20-21)3-4-13(16)22/h3,5-7,9,14H,4,8H2,1-2H3,(H2,16,22)/b10-3-. The molecule has 3 heterocycles. The van der Waals surface area contributed by atoms with Gasteiger partial charge in [-0.3, -0.25) is 14.8 Å². The Bertz CT molecular complexity index is 746. The van der Waals surface area contributed by atoms with E-state index in [0.29, 0.717) is 29.2 Å². The van der Waals surface area contributed by atoms with Crippen molar-refractivity contribution in [2.45, 2.75) is 26.3 Å². The second-order valence-electron chi connectivity index (χ2n) is 5.74. The Labute approximate surface area is 133 Å². The summed E-state index contributed by atoms with van der Waals surface area (Å²) in [6.07, 6.45) is 5.19. The molecule has 120 valence electrons. The second kappa shape index (κ2) is 6.15. The third-order valence-electron chi connectivity index (χ3n) is 3.56. The number of carbonyl (C=O) groups is 1. The van der Waals surface area contributed by atoms with Gasteiger partial charge in [-0.15, -0.1) is 5.11 Å². The van der Waals surface area contributed by atoms with Crippen LogP contribution in [0.25, 0.3) is 11.1 Å². The minimum Gasteiger partial charge on any atom is -0.438 e. The maximum Gasteiger partial charge on any atom is 0.221 e. The summed E-state index contributed by atoms with van der Waals surface area (Å²) in [4.78, 5) is 19.4. The molecule has 8 heteroatoms. The number of primary amides is 1. The highest BCUT2D eigenvalue weighted by atomic mass is 16.4. The average Bonchev–Trinajstić information content (AvgIpc) is 3.11. The number of hydrogen-bond donors (Lipinski definition) is 1. The van der Waals surface area contributed by atoms with Gasteiger partial charge in [0.05, 0.1) is 18.4 Å². The van der Waals surface area contributed by atoms with E-state index in [9.17, 15) is 4.79 Å². The fraction of sp³-hybridized carbons (Fsp3) is 0.400. The molecule has 0 saturated heterocycles. The van der Waals surface area contributed by atoms with Crippen molar-refractivity contribution in [3.63, 3.8) is 0 Å². The molecule has 3 rings (SSSR count). The summed E-state index contributed by atoms with van der Waals surface area (Å²) < 4.78 is 5.85. The van der Waals surface area contributed by atoms with Gasteiger partial charge in [0.15, 0.2) is 5.58 Å². The van der Waals surface area contributed by atoms with Gasteiger partial charge in [0, 0.05) is 18.7 Å². The zero-order valence-corrected chi connectivity index (χ0v) is 13.0. The highest BCUT2D eigenvalue weighted by molar-refractivity contribution is 5.75. The third-order valence-corrected chi connectivity index (χ3v) is 3.56. The van der Waals surface area contributed by atoms with Crippen molar-refractivity contribution >= 4 is 17.0 Å². The second-order valence-corrected chi connectivity index (χ2v) is 5.74. The lowest BCUT2D eigenvalue weighted by Gasteiger charge is -2.25. The molecule has 0 fully saturated rings. The first-order chi connectivity index (χ1) is 11.0. The lowest BCUT2D eigenvalue weighted by molar-refractivity contribution is -0.117. The number of hydrogen-bond acceptors (Lipinski definition) is 7. The van der Waals surface area contributed by atoms with Gasteiger partial charge < -0.3 is 10.2 Å². The van der Waals surface area contributed by atoms with Gasteiger partial charge in [0.2, 0.25) is 11.8 Å². The molecule has 0 aromatic carbocycles. The predicted molar refractivity (Wildman–Crippen MR) is 82.8 cm³/mol. The number of pyridine rings is 1. The van der Waals surface area contributed by atoms with Crippen molar-refractivity contribution in [2.24, 2.45) is 22.0 Å². The van der Waals surface area contributed by atoms with Crippen LogP contribution in [0, 0.1) is 5.92 Å². The van der Waals surface area contributed by atoms with Gasteiger partial charge in [-0.05, 0) is 12.0 Å². The van der Waals surface area contributed by atoms with Crippen molar-refractivity contribution in [1.29, 1.82) is 0 Å². The normalized spacial score (nSPS) is 17.5. The smallest absolute Gasteiger partial charge is 0.221 e. The van der Waals surface area contributed by atoms with Crippen LogP contribution in [-0.2, 0) is 4.79 Å². The summed E-state index contributed by atoms with van der Waals surface area (Å²) >= 11 is 0. The molecule has 1 unspecified atom stereocenters. The van der Waals surface area contributed by atoms with Crippen LogP contribution in [0.2, 0.25) is 0 Å². The monoisotopic (exact) mass is 314 g/mol. The lowest BCUT2D eigenvalue weighted by atomic mass is 10.0. The molecular weight excluding hydrogens is 296 g/mol. The highest BCUT2D eigenvalue weighted by Crippen LogP contribution is 2.33. The summed E-state index contributed by atoms with van der Waals surface area (Å²) in [5.74, 6) is 0.404. The van der Waals surface area contributed by atoms with E-state index in [1.807, 2.05) is 5.01 Å². The molecule has 2 aromatic rings. The van der Waals surface area contributed by atoms with Crippen molar-refractivity contribution in [2.75, 3.05) is 6.54 Å². The quantitative estimate of drug-likeness (QED) is 0.910. The largest absolute Gasteiger partial charge is 0.438 e. The van der Waals surface area contributed by atoms with Crippen LogP contribution in [0.1, 0.15) is 32.2 Å². The summed E-state index contributed by atoms with van der Waals surface area (Å²) in [7, 11) is 0. The predicted octanol–water partition coefficient (Wildman–Crippen LogP) is 2.36. The zero-order chi connectivity index (χ0) is 16.4. The van der Waals surface area contributed by atoms with E-state index in [-0.39, 0.29) is 18.4 Å². The van der Waals surface area contributed by atoms with Gasteiger partial charge in [0.25, 0.3) is 0 Å². The molecule has 0 bridgehead atoms. The van der Waals surface area contributed by atoms with E-state index in [0.717, 1.165) is 0 Å². The van der Waals surface area contributed by atoms with Crippen LogP contribution in [-0.4, -0.2) is 27.4 Å². The SMILES string of the molecule is CC(C)C(c1nc2cnccc2o1)N1C/C(=C/CC(N)=O)N=N1. The molecule has 2 N–H and O–H groups in total. The minimum absolute atomic E-state index is 0.148. The molecule has 1 atom stereocenters. The first-order valence-corrected chi connectivity index (χ1v) is 7.40. The van der Waals surface area contributed by atoms with Gasteiger partial charge in [-0.2, -0.15) is 0 Å². The number of nitrogens with zero attached hydrogens (tertiary/aromatic N) is 5. The fourth-order valence-corrected chi connectivity index (χ4v) is 2.50. The Morgan fingerprint density at radius 3 is 3.04 bits per heavy atom. The maximum atomic E-state index is 10.9. The number of rotatable bonds is 5. The summed E-state index contributed by atoms with van der Waals surface area (Å²) in [5.41, 5.74) is 7.27. The first kappa shape index (κ1) is 15.1. The van der Waals surface area contributed by atoms with Crippen LogP contribution in [0.3, 0.4) is 0 Å². The fourth-order valence-electron chi connectivity index (χ4n) is 2.50. The molecular formula is C15H18N6O2. The van der Waals surface area contributed by atoms with Crippen molar-refractivity contribution in [3.8, 4) is 0 Å².